The Kier molecular flexibility index (Phi) is 7.30. The highest BCUT2D eigenvalue weighted by atomic mass is 35.5. The van der Waals surface area contributed by atoms with Crippen LogP contribution in [0.15, 0.2) is 9.79 Å². The molecule has 1 saturated heterocycles. The lowest BCUT2D eigenvalue weighted by atomic mass is 10.1. The van der Waals surface area contributed by atoms with E-state index < -0.39 is 0 Å². The van der Waals surface area contributed by atoms with E-state index in [0.717, 1.165) is 72.5 Å². The standard InChI is InChI=1S/C12H16ClN3OS.C6H4Cl2N2S/c1-16(8-2-5-17-6-3-8)11-10-9(4-7-18-10)14-12(13)15-11;7-5-4-3(1-2-11-4)9-6(8)10-5/h8H,2-7H2,1H3;1-2H2. The van der Waals surface area contributed by atoms with Gasteiger partial charge in [0.1, 0.15) is 11.0 Å². The van der Waals surface area contributed by atoms with E-state index >= 15 is 0 Å². The molecule has 5 heterocycles. The Bertz CT molecular complexity index is 898. The summed E-state index contributed by atoms with van der Waals surface area (Å²) in [6.45, 7) is 1.67. The van der Waals surface area contributed by atoms with Crippen molar-refractivity contribution >= 4 is 64.1 Å². The van der Waals surface area contributed by atoms with Crippen LogP contribution >= 0.6 is 58.3 Å². The Hall–Kier alpha value is -0.510. The third-order valence-corrected chi connectivity index (χ3v) is 7.97. The van der Waals surface area contributed by atoms with Gasteiger partial charge in [-0.1, -0.05) is 11.6 Å². The Morgan fingerprint density at radius 2 is 1.45 bits per heavy atom. The van der Waals surface area contributed by atoms with Crippen LogP contribution < -0.4 is 4.90 Å². The first-order chi connectivity index (χ1) is 14.0. The normalized spacial score (nSPS) is 18.1. The van der Waals surface area contributed by atoms with Gasteiger partial charge in [-0.05, 0) is 36.0 Å². The highest BCUT2D eigenvalue weighted by Gasteiger charge is 2.26. The zero-order chi connectivity index (χ0) is 20.4. The molecular weight excluding hydrogens is 473 g/mol. The second-order valence-corrected chi connectivity index (χ2v) is 10.0. The van der Waals surface area contributed by atoms with Gasteiger partial charge in [0.05, 0.1) is 21.2 Å². The molecular formula is C18H20Cl3N5OS2. The predicted molar refractivity (Wildman–Crippen MR) is 120 cm³/mol. The van der Waals surface area contributed by atoms with Gasteiger partial charge in [-0.3, -0.25) is 0 Å². The number of thioether (sulfide) groups is 2. The van der Waals surface area contributed by atoms with Crippen LogP contribution in [0.2, 0.25) is 15.7 Å². The van der Waals surface area contributed by atoms with Crippen LogP contribution in [-0.4, -0.2) is 57.7 Å². The van der Waals surface area contributed by atoms with Gasteiger partial charge in [0.2, 0.25) is 10.6 Å². The van der Waals surface area contributed by atoms with Gasteiger partial charge in [-0.15, -0.1) is 23.5 Å². The van der Waals surface area contributed by atoms with E-state index in [9.17, 15) is 0 Å². The minimum atomic E-state index is 0.247. The molecule has 2 aromatic heterocycles. The van der Waals surface area contributed by atoms with Crippen molar-refractivity contribution in [3.8, 4) is 0 Å². The average Bonchev–Trinajstić information content (AvgIpc) is 3.37. The molecule has 2 aromatic rings. The molecule has 0 atom stereocenters. The minimum Gasteiger partial charge on any atom is -0.381 e. The Labute approximate surface area is 193 Å². The molecule has 1 fully saturated rings. The summed E-state index contributed by atoms with van der Waals surface area (Å²) >= 11 is 21.0. The van der Waals surface area contributed by atoms with Crippen molar-refractivity contribution in [2.24, 2.45) is 0 Å². The zero-order valence-electron chi connectivity index (χ0n) is 15.8. The summed E-state index contributed by atoms with van der Waals surface area (Å²) in [7, 11) is 2.10. The highest BCUT2D eigenvalue weighted by molar-refractivity contribution is 8.00. The summed E-state index contributed by atoms with van der Waals surface area (Å²) in [5, 5.41) is 1.10. The second kappa shape index (κ2) is 9.75. The third kappa shape index (κ3) is 5.05. The van der Waals surface area contributed by atoms with Crippen LogP contribution in [-0.2, 0) is 17.6 Å². The fourth-order valence-corrected chi connectivity index (χ4v) is 6.38. The molecule has 3 aliphatic heterocycles. The van der Waals surface area contributed by atoms with Gasteiger partial charge in [-0.25, -0.2) is 15.0 Å². The topological polar surface area (TPSA) is 64.0 Å². The van der Waals surface area contributed by atoms with Crippen molar-refractivity contribution in [1.82, 2.24) is 19.9 Å². The molecule has 0 spiro atoms. The molecule has 0 saturated carbocycles. The number of fused-ring (bicyclic) bond motifs is 2. The average molecular weight is 493 g/mol. The van der Waals surface area contributed by atoms with Crippen LogP contribution in [0.1, 0.15) is 24.2 Å². The van der Waals surface area contributed by atoms with Crippen LogP contribution in [0.25, 0.3) is 0 Å². The van der Waals surface area contributed by atoms with Gasteiger partial charge in [-0.2, -0.15) is 4.98 Å². The van der Waals surface area contributed by atoms with Crippen molar-refractivity contribution in [3.05, 3.63) is 27.1 Å². The molecule has 0 unspecified atom stereocenters. The molecule has 0 aromatic carbocycles. The van der Waals surface area contributed by atoms with Crippen molar-refractivity contribution in [3.63, 3.8) is 0 Å². The van der Waals surface area contributed by atoms with Crippen molar-refractivity contribution < 1.29 is 4.74 Å². The monoisotopic (exact) mass is 491 g/mol. The van der Waals surface area contributed by atoms with E-state index in [0.29, 0.717) is 16.5 Å². The molecule has 29 heavy (non-hydrogen) atoms. The predicted octanol–water partition coefficient (Wildman–Crippen LogP) is 4.83. The van der Waals surface area contributed by atoms with Crippen molar-refractivity contribution in [2.45, 2.75) is 41.5 Å². The van der Waals surface area contributed by atoms with E-state index in [1.54, 1.807) is 11.8 Å². The summed E-state index contributed by atoms with van der Waals surface area (Å²) in [5.74, 6) is 3.11. The summed E-state index contributed by atoms with van der Waals surface area (Å²) in [5.41, 5.74) is 2.09. The lowest BCUT2D eigenvalue weighted by Gasteiger charge is -2.32. The number of ether oxygens (including phenoxy) is 1. The molecule has 3 aliphatic rings. The SMILES string of the molecule is CN(c1nc(Cl)nc2c1SCC2)C1CCOCC1.Clc1nc(Cl)c2c(n1)CCS2. The fraction of sp³-hybridized carbons (Fsp3) is 0.556. The Morgan fingerprint density at radius 1 is 0.862 bits per heavy atom. The van der Waals surface area contributed by atoms with Crippen LogP contribution in [0.4, 0.5) is 5.82 Å². The number of rotatable bonds is 2. The van der Waals surface area contributed by atoms with Gasteiger partial charge in [0.15, 0.2) is 0 Å². The van der Waals surface area contributed by atoms with Crippen LogP contribution in [0, 0.1) is 0 Å². The molecule has 0 N–H and O–H groups in total. The van der Waals surface area contributed by atoms with E-state index in [4.69, 9.17) is 39.5 Å². The molecule has 11 heteroatoms. The maximum absolute atomic E-state index is 6.03. The summed E-state index contributed by atoms with van der Waals surface area (Å²) in [6, 6.07) is 0.495. The number of nitrogens with zero attached hydrogens (tertiary/aromatic N) is 5. The summed E-state index contributed by atoms with van der Waals surface area (Å²) in [4.78, 5) is 21.1. The molecule has 0 bridgehead atoms. The quantitative estimate of drug-likeness (QED) is 0.436. The fourth-order valence-electron chi connectivity index (χ4n) is 3.51. The second-order valence-electron chi connectivity index (χ2n) is 6.80. The van der Waals surface area contributed by atoms with Crippen molar-refractivity contribution in [2.75, 3.05) is 36.7 Å². The van der Waals surface area contributed by atoms with Gasteiger partial charge in [0, 0.05) is 50.7 Å². The third-order valence-electron chi connectivity index (χ3n) is 5.00. The minimum absolute atomic E-state index is 0.247. The summed E-state index contributed by atoms with van der Waals surface area (Å²) in [6.07, 6.45) is 4.05. The number of aryl methyl sites for hydroxylation is 2. The molecule has 0 amide bonds. The zero-order valence-corrected chi connectivity index (χ0v) is 19.7. The maximum atomic E-state index is 6.03. The first kappa shape index (κ1) is 21.7. The largest absolute Gasteiger partial charge is 0.381 e. The molecule has 5 rings (SSSR count). The number of anilines is 1. The molecule has 156 valence electrons. The number of hydrogen-bond acceptors (Lipinski definition) is 8. The Morgan fingerprint density at radius 3 is 2.14 bits per heavy atom. The smallest absolute Gasteiger partial charge is 0.224 e. The lowest BCUT2D eigenvalue weighted by molar-refractivity contribution is 0.0852. The lowest BCUT2D eigenvalue weighted by Crippen LogP contribution is -2.37. The van der Waals surface area contributed by atoms with Crippen LogP contribution in [0.3, 0.4) is 0 Å². The Balaban J connectivity index is 0.000000159. The van der Waals surface area contributed by atoms with Crippen LogP contribution in [0.5, 0.6) is 0 Å². The molecule has 0 radical (unpaired) electrons. The number of aromatic nitrogens is 4. The number of hydrogen-bond donors (Lipinski definition) is 0. The maximum Gasteiger partial charge on any atom is 0.224 e. The van der Waals surface area contributed by atoms with E-state index in [-0.39, 0.29) is 5.28 Å². The molecule has 0 aliphatic carbocycles. The first-order valence-corrected chi connectivity index (χ1v) is 12.5. The first-order valence-electron chi connectivity index (χ1n) is 9.37. The van der Waals surface area contributed by atoms with E-state index in [2.05, 4.69) is 31.9 Å². The summed E-state index contributed by atoms with van der Waals surface area (Å²) < 4.78 is 5.41. The number of halogens is 3. The van der Waals surface area contributed by atoms with Gasteiger partial charge < -0.3 is 9.64 Å². The van der Waals surface area contributed by atoms with E-state index in [1.807, 2.05) is 11.8 Å². The van der Waals surface area contributed by atoms with Crippen molar-refractivity contribution in [1.29, 1.82) is 0 Å². The molecule has 6 nitrogen and oxygen atoms in total. The van der Waals surface area contributed by atoms with E-state index in [1.165, 1.54) is 4.90 Å². The highest BCUT2D eigenvalue weighted by Crippen LogP contribution is 2.38. The van der Waals surface area contributed by atoms with Gasteiger partial charge >= 0.3 is 0 Å². The van der Waals surface area contributed by atoms with Gasteiger partial charge in [0.25, 0.3) is 0 Å².